The molecule has 0 spiro atoms. The normalized spacial score (nSPS) is 19.5. The summed E-state index contributed by atoms with van der Waals surface area (Å²) in [6.45, 7) is 10.5. The van der Waals surface area contributed by atoms with E-state index in [-0.39, 0.29) is 0 Å². The zero-order chi connectivity index (χ0) is 21.5. The molecule has 4 nitrogen and oxygen atoms in total. The largest absolute Gasteiger partial charge is 0.508 e. The fraction of sp³-hybridized carbons (Fsp3) is 0.556. The smallest absolute Gasteiger partial charge is 0.115 e. The predicted molar refractivity (Wildman–Crippen MR) is 130 cm³/mol. The summed E-state index contributed by atoms with van der Waals surface area (Å²) in [5.74, 6) is 0.411. The van der Waals surface area contributed by atoms with E-state index in [1.54, 1.807) is 0 Å². The van der Waals surface area contributed by atoms with E-state index in [2.05, 4.69) is 58.0 Å². The number of unbranched alkanes of at least 4 members (excludes halogenated alkanes) is 1. The number of rotatable bonds is 9. The molecule has 0 unspecified atom stereocenters. The lowest BCUT2D eigenvalue weighted by atomic mass is 9.87. The van der Waals surface area contributed by atoms with E-state index >= 15 is 0 Å². The fourth-order valence-electron chi connectivity index (χ4n) is 5.32. The number of nitrogens with zero attached hydrogens (tertiary/aromatic N) is 3. The van der Waals surface area contributed by atoms with Crippen molar-refractivity contribution in [2.75, 3.05) is 50.7 Å². The van der Waals surface area contributed by atoms with Crippen LogP contribution in [0.2, 0.25) is 0 Å². The number of para-hydroxylation sites is 1. The molecule has 1 heterocycles. The van der Waals surface area contributed by atoms with E-state index < -0.39 is 0 Å². The maximum atomic E-state index is 9.87. The molecule has 1 aliphatic heterocycles. The van der Waals surface area contributed by atoms with E-state index in [0.717, 1.165) is 25.9 Å². The molecule has 1 atom stereocenters. The molecule has 0 bridgehead atoms. The van der Waals surface area contributed by atoms with Crippen molar-refractivity contribution in [2.24, 2.45) is 0 Å². The van der Waals surface area contributed by atoms with Gasteiger partial charge in [-0.2, -0.15) is 0 Å². The van der Waals surface area contributed by atoms with Crippen molar-refractivity contribution in [3.05, 3.63) is 59.7 Å². The van der Waals surface area contributed by atoms with Crippen LogP contribution in [-0.4, -0.2) is 66.8 Å². The number of anilines is 1. The van der Waals surface area contributed by atoms with E-state index in [4.69, 9.17) is 0 Å². The third kappa shape index (κ3) is 6.02. The summed E-state index contributed by atoms with van der Waals surface area (Å²) >= 11 is 0. The maximum absolute atomic E-state index is 9.87. The Bertz CT molecular complexity index is 801. The highest BCUT2D eigenvalue weighted by molar-refractivity contribution is 5.46. The highest BCUT2D eigenvalue weighted by Crippen LogP contribution is 2.28. The van der Waals surface area contributed by atoms with Gasteiger partial charge in [0.05, 0.1) is 0 Å². The molecule has 0 amide bonds. The van der Waals surface area contributed by atoms with Crippen LogP contribution in [0.15, 0.2) is 48.5 Å². The van der Waals surface area contributed by atoms with Crippen molar-refractivity contribution in [3.8, 4) is 5.75 Å². The van der Waals surface area contributed by atoms with Gasteiger partial charge in [-0.1, -0.05) is 31.2 Å². The second-order valence-corrected chi connectivity index (χ2v) is 9.26. The second-order valence-electron chi connectivity index (χ2n) is 9.26. The molecule has 2 aromatic rings. The maximum Gasteiger partial charge on any atom is 0.115 e. The lowest BCUT2D eigenvalue weighted by Crippen LogP contribution is -2.46. The number of phenols is 1. The highest BCUT2D eigenvalue weighted by Gasteiger charge is 2.24. The SMILES string of the molecule is CCCN(CCCCN1CCN(c2ccccc2)CC1)[C@H]1CCc2ccc(O)cc2C1. The van der Waals surface area contributed by atoms with Crippen LogP contribution < -0.4 is 4.90 Å². The number of aryl methyl sites for hydroxylation is 1. The molecule has 1 aliphatic carbocycles. The van der Waals surface area contributed by atoms with E-state index in [1.165, 1.54) is 75.2 Å². The van der Waals surface area contributed by atoms with Crippen molar-refractivity contribution < 1.29 is 5.11 Å². The quantitative estimate of drug-likeness (QED) is 0.601. The van der Waals surface area contributed by atoms with E-state index in [0.29, 0.717) is 11.8 Å². The lowest BCUT2D eigenvalue weighted by Gasteiger charge is -2.37. The molecule has 1 N–H and O–H groups in total. The molecule has 4 heteroatoms. The third-order valence-corrected chi connectivity index (χ3v) is 7.08. The van der Waals surface area contributed by atoms with Crippen molar-refractivity contribution in [2.45, 2.75) is 51.5 Å². The van der Waals surface area contributed by atoms with Gasteiger partial charge in [0.1, 0.15) is 5.75 Å². The Hall–Kier alpha value is -2.04. The number of aromatic hydroxyl groups is 1. The molecule has 0 aromatic heterocycles. The van der Waals surface area contributed by atoms with Crippen LogP contribution in [-0.2, 0) is 12.8 Å². The Morgan fingerprint density at radius 1 is 0.935 bits per heavy atom. The average molecular weight is 422 g/mol. The Kier molecular flexibility index (Phi) is 7.87. The van der Waals surface area contributed by atoms with Crippen LogP contribution in [0.25, 0.3) is 0 Å². The van der Waals surface area contributed by atoms with Crippen molar-refractivity contribution in [1.29, 1.82) is 0 Å². The molecule has 0 radical (unpaired) electrons. The summed E-state index contributed by atoms with van der Waals surface area (Å²) in [5.41, 5.74) is 4.15. The standard InChI is InChI=1S/C27H39N3O/c1-2-14-29(26-12-10-23-11-13-27(31)22-24(23)21-26)16-7-6-15-28-17-19-30(20-18-28)25-8-4-3-5-9-25/h3-5,8-9,11,13,22,26,31H,2,6-7,10,12,14-21H2,1H3/t26-/m0/s1. The first-order valence-corrected chi connectivity index (χ1v) is 12.3. The van der Waals surface area contributed by atoms with Crippen molar-refractivity contribution >= 4 is 5.69 Å². The second kappa shape index (κ2) is 11.0. The highest BCUT2D eigenvalue weighted by atomic mass is 16.3. The van der Waals surface area contributed by atoms with Gasteiger partial charge >= 0.3 is 0 Å². The Morgan fingerprint density at radius 2 is 1.74 bits per heavy atom. The molecular weight excluding hydrogens is 382 g/mol. The molecule has 0 saturated carbocycles. The van der Waals surface area contributed by atoms with Crippen LogP contribution in [0.5, 0.6) is 5.75 Å². The minimum absolute atomic E-state index is 0.411. The Morgan fingerprint density at radius 3 is 2.52 bits per heavy atom. The number of benzene rings is 2. The van der Waals surface area contributed by atoms with Gasteiger partial charge in [0.25, 0.3) is 0 Å². The minimum atomic E-state index is 0.411. The van der Waals surface area contributed by atoms with Gasteiger partial charge in [-0.15, -0.1) is 0 Å². The molecule has 168 valence electrons. The van der Waals surface area contributed by atoms with Crippen molar-refractivity contribution in [1.82, 2.24) is 9.80 Å². The minimum Gasteiger partial charge on any atom is -0.508 e. The first-order valence-electron chi connectivity index (χ1n) is 12.3. The van der Waals surface area contributed by atoms with Gasteiger partial charge in [-0.05, 0) is 93.6 Å². The van der Waals surface area contributed by atoms with E-state index in [1.807, 2.05) is 12.1 Å². The van der Waals surface area contributed by atoms with Gasteiger partial charge in [-0.25, -0.2) is 0 Å². The molecule has 1 saturated heterocycles. The third-order valence-electron chi connectivity index (χ3n) is 7.08. The lowest BCUT2D eigenvalue weighted by molar-refractivity contribution is 0.171. The topological polar surface area (TPSA) is 30.0 Å². The Labute approximate surface area is 188 Å². The number of piperazine rings is 1. The summed E-state index contributed by atoms with van der Waals surface area (Å²) in [6, 6.07) is 17.4. The first-order chi connectivity index (χ1) is 15.2. The fourth-order valence-corrected chi connectivity index (χ4v) is 5.32. The summed E-state index contributed by atoms with van der Waals surface area (Å²) in [6.07, 6.45) is 7.26. The predicted octanol–water partition coefficient (Wildman–Crippen LogP) is 4.56. The van der Waals surface area contributed by atoms with Crippen LogP contribution >= 0.6 is 0 Å². The Balaban J connectivity index is 1.19. The molecule has 2 aromatic carbocycles. The molecule has 1 fully saturated rings. The average Bonchev–Trinajstić information content (AvgIpc) is 2.81. The zero-order valence-corrected chi connectivity index (χ0v) is 19.2. The molecule has 2 aliphatic rings. The van der Waals surface area contributed by atoms with Crippen LogP contribution in [0, 0.1) is 0 Å². The van der Waals surface area contributed by atoms with Gasteiger partial charge in [-0.3, -0.25) is 4.90 Å². The number of hydrogen-bond donors (Lipinski definition) is 1. The van der Waals surface area contributed by atoms with Crippen LogP contribution in [0.3, 0.4) is 0 Å². The zero-order valence-electron chi connectivity index (χ0n) is 19.2. The molecule has 31 heavy (non-hydrogen) atoms. The molecular formula is C27H39N3O. The van der Waals surface area contributed by atoms with Crippen LogP contribution in [0.1, 0.15) is 43.7 Å². The summed E-state index contributed by atoms with van der Waals surface area (Å²) in [4.78, 5) is 7.88. The van der Waals surface area contributed by atoms with Crippen LogP contribution in [0.4, 0.5) is 5.69 Å². The number of fused-ring (bicyclic) bond motifs is 1. The summed E-state index contributed by atoms with van der Waals surface area (Å²) < 4.78 is 0. The monoisotopic (exact) mass is 421 g/mol. The van der Waals surface area contributed by atoms with Gasteiger partial charge in [0, 0.05) is 37.9 Å². The van der Waals surface area contributed by atoms with E-state index in [9.17, 15) is 5.11 Å². The molecule has 4 rings (SSSR count). The number of phenolic OH excluding ortho intramolecular Hbond substituents is 1. The number of hydrogen-bond acceptors (Lipinski definition) is 4. The first kappa shape index (κ1) is 22.2. The van der Waals surface area contributed by atoms with Gasteiger partial charge in [0.2, 0.25) is 0 Å². The summed E-state index contributed by atoms with van der Waals surface area (Å²) in [7, 11) is 0. The summed E-state index contributed by atoms with van der Waals surface area (Å²) in [5, 5.41) is 9.87. The van der Waals surface area contributed by atoms with Gasteiger partial charge < -0.3 is 14.9 Å². The van der Waals surface area contributed by atoms with Gasteiger partial charge in [0.15, 0.2) is 0 Å². The van der Waals surface area contributed by atoms with Crippen molar-refractivity contribution in [3.63, 3.8) is 0 Å².